The third-order valence-electron chi connectivity index (χ3n) is 20.4. The number of hydrogen-bond donors (Lipinski definition) is 5. The lowest BCUT2D eigenvalue weighted by Crippen LogP contribution is -2.41. The molecule has 14 nitrogen and oxygen atoms in total. The van der Waals surface area contributed by atoms with Crippen LogP contribution in [-0.4, -0.2) is 76.8 Å². The Balaban J connectivity index is 0.000000119. The molecule has 1 saturated heterocycles. The SMILES string of the molecule is CC1(C)OB(c2ccc3c(c2)c2ccccc2c2nc4ccccc4n32)OC1(C)C.Clc1ccc(Cl)c(-c2ccccc2-c2nc3ccccc3[nH]2)c1.Clc1ccc(Cl)c(Br)c1.Clc1ccc2c(c1)c1ccccc1c1nc3ccccc3n21.Nc1ccccc1N.O=Cc1ccccc1-c1cc(Cl)ccc1Cl.O=Cc1ccccc1B(O)O. The van der Waals surface area contributed by atoms with Gasteiger partial charge in [0.15, 0.2) is 6.29 Å². The standard InChI is InChI=1S/C25H23BN2O2.C19H12Cl2N2.C19H11ClN2.C13H8Cl2O.C7H7BO3.C6H3BrCl2.C6H8N2/c1-24(2)25(3,4)30-26(29-24)16-13-14-21-19(15-16)17-9-5-6-10-18(17)23-27-20-11-7-8-12-22(20)28(21)23;20-12-9-10-16(21)15(11-12)13-5-1-2-6-14(13)19-22-17-7-3-4-8-18(17)23-19;20-12-9-10-17-15(11-12)13-5-1-2-6-14(13)19-21-16-7-3-4-8-18(16)22(17)19;14-10-5-6-13(15)12(7-10)11-4-2-1-3-9(11)8-16;9-5-6-3-1-2-4-7(6)8(10)11;7-5-3-4(8)1-2-6(5)9;7-5-3-1-2-4-6(5)8/h5-15H,1-4H3;1-11H,(H,22,23);1-11H;1-8H;1-5,10-11H;1-3H;1-4H,7-8H2. The second kappa shape index (κ2) is 37.0. The number of carbonyl (C=O) groups is 2. The van der Waals surface area contributed by atoms with Crippen molar-refractivity contribution in [2.45, 2.75) is 38.9 Å². The number of imidazole rings is 3. The normalized spacial score (nSPS) is 12.5. The van der Waals surface area contributed by atoms with Crippen LogP contribution in [-0.2, 0) is 9.31 Å². The molecule has 1 fully saturated rings. The highest BCUT2D eigenvalue weighted by Gasteiger charge is 2.52. The van der Waals surface area contributed by atoms with E-state index in [2.05, 4.69) is 166 Å². The number of nitrogen functional groups attached to an aromatic ring is 2. The van der Waals surface area contributed by atoms with E-state index in [9.17, 15) is 9.59 Å². The fourth-order valence-corrected chi connectivity index (χ4v) is 15.6. The van der Waals surface area contributed by atoms with Crippen LogP contribution in [0.2, 0.25) is 35.2 Å². The predicted octanol–water partition coefficient (Wildman–Crippen LogP) is 25.0. The molecule has 0 unspecified atom stereocenters. The number of H-pyrrole nitrogens is 1. The summed E-state index contributed by atoms with van der Waals surface area (Å²) in [7, 11) is -1.95. The van der Waals surface area contributed by atoms with Gasteiger partial charge in [-0.05, 0) is 204 Å². The number of nitrogens with one attached hydrogen (secondary N) is 1. The molecule has 5 aromatic heterocycles. The number of nitrogens with zero attached hydrogens (tertiary/aromatic N) is 5. The van der Waals surface area contributed by atoms with Gasteiger partial charge < -0.3 is 35.8 Å². The van der Waals surface area contributed by atoms with E-state index in [1.807, 2.05) is 121 Å². The Hall–Kier alpha value is -11.1. The van der Waals surface area contributed by atoms with Crippen LogP contribution in [0.15, 0.2) is 314 Å². The zero-order valence-corrected chi connectivity index (χ0v) is 71.1. The topological polar surface area (TPSA) is 208 Å². The molecule has 7 N–H and O–H groups in total. The van der Waals surface area contributed by atoms with Crippen molar-refractivity contribution in [1.82, 2.24) is 28.7 Å². The fourth-order valence-electron chi connectivity index (χ4n) is 13.8. The molecule has 0 bridgehead atoms. The van der Waals surface area contributed by atoms with Gasteiger partial charge in [-0.1, -0.05) is 263 Å². The number of fused-ring (bicyclic) bond motifs is 17. The van der Waals surface area contributed by atoms with Gasteiger partial charge in [-0.2, -0.15) is 0 Å². The predicted molar refractivity (Wildman–Crippen MR) is 502 cm³/mol. The zero-order valence-electron chi connectivity index (χ0n) is 64.2. The van der Waals surface area contributed by atoms with Crippen LogP contribution in [0.1, 0.15) is 48.4 Å². The van der Waals surface area contributed by atoms with E-state index in [0.29, 0.717) is 58.9 Å². The van der Waals surface area contributed by atoms with E-state index in [1.54, 1.807) is 72.8 Å². The minimum Gasteiger partial charge on any atom is -0.423 e. The Morgan fingerprint density at radius 1 is 0.395 bits per heavy atom. The molecule has 20 rings (SSSR count). The number of rotatable bonds is 7. The largest absolute Gasteiger partial charge is 0.494 e. The highest BCUT2D eigenvalue weighted by molar-refractivity contribution is 9.10. The third kappa shape index (κ3) is 18.5. The first kappa shape index (κ1) is 84.4. The van der Waals surface area contributed by atoms with E-state index >= 15 is 0 Å². The Morgan fingerprint density at radius 2 is 0.807 bits per heavy atom. The van der Waals surface area contributed by atoms with Crippen molar-refractivity contribution in [3.05, 3.63) is 360 Å². The molecule has 1 aliphatic heterocycles. The molecule has 590 valence electrons. The van der Waals surface area contributed by atoms with Crippen LogP contribution in [0.3, 0.4) is 0 Å². The molecule has 19 aromatic rings. The first-order valence-corrected chi connectivity index (χ1v) is 40.9. The molecule has 119 heavy (non-hydrogen) atoms. The Kier molecular flexibility index (Phi) is 26.3. The van der Waals surface area contributed by atoms with E-state index in [1.165, 1.54) is 28.3 Å². The number of aldehydes is 2. The lowest BCUT2D eigenvalue weighted by Gasteiger charge is -2.32. The molecule has 0 aliphatic carbocycles. The summed E-state index contributed by atoms with van der Waals surface area (Å²) in [6.45, 7) is 8.35. The summed E-state index contributed by atoms with van der Waals surface area (Å²) in [6, 6.07) is 98.7. The average molecular weight is 1770 g/mol. The smallest absolute Gasteiger partial charge is 0.423 e. The number of hydrogen-bond acceptors (Lipinski definition) is 11. The number of carbonyl (C=O) groups excluding carboxylic acids is 2. The molecule has 0 saturated carbocycles. The minimum absolute atomic E-state index is 0.238. The van der Waals surface area contributed by atoms with Crippen molar-refractivity contribution in [1.29, 1.82) is 0 Å². The number of para-hydroxylation sites is 8. The Labute approximate surface area is 729 Å². The lowest BCUT2D eigenvalue weighted by atomic mass is 9.77. The molecule has 0 radical (unpaired) electrons. The third-order valence-corrected chi connectivity index (χ3v) is 23.2. The highest BCUT2D eigenvalue weighted by Crippen LogP contribution is 2.41. The van der Waals surface area contributed by atoms with E-state index in [-0.39, 0.29) is 23.8 Å². The Bertz CT molecular complexity index is 6940. The summed E-state index contributed by atoms with van der Waals surface area (Å²) in [5.41, 5.74) is 28.5. The molecule has 0 atom stereocenters. The van der Waals surface area contributed by atoms with Gasteiger partial charge in [-0.3, -0.25) is 18.4 Å². The van der Waals surface area contributed by atoms with Crippen LogP contribution in [0, 0.1) is 0 Å². The van der Waals surface area contributed by atoms with Crippen molar-refractivity contribution in [3.8, 4) is 33.6 Å². The maximum Gasteiger partial charge on any atom is 0.494 e. The van der Waals surface area contributed by atoms with Crippen molar-refractivity contribution in [2.24, 2.45) is 0 Å². The van der Waals surface area contributed by atoms with Crippen molar-refractivity contribution < 1.29 is 28.9 Å². The molecule has 6 heterocycles. The highest BCUT2D eigenvalue weighted by atomic mass is 79.9. The second-order valence-corrected chi connectivity index (χ2v) is 32.4. The first-order valence-electron chi connectivity index (χ1n) is 37.4. The van der Waals surface area contributed by atoms with Gasteiger partial charge in [-0.25, -0.2) is 15.0 Å². The van der Waals surface area contributed by atoms with Crippen molar-refractivity contribution in [2.75, 3.05) is 11.5 Å². The summed E-state index contributed by atoms with van der Waals surface area (Å²) in [5.74, 6) is 0.817. The number of pyridine rings is 2. The van der Waals surface area contributed by atoms with Gasteiger partial charge >= 0.3 is 14.2 Å². The number of aromatic amines is 1. The van der Waals surface area contributed by atoms with Crippen molar-refractivity contribution >= 4 is 234 Å². The summed E-state index contributed by atoms with van der Waals surface area (Å²) in [5, 5.41) is 29.1. The fraction of sp³-hybridized carbons (Fsp3) is 0.0632. The van der Waals surface area contributed by atoms with Gasteiger partial charge in [-0.15, -0.1) is 0 Å². The summed E-state index contributed by atoms with van der Waals surface area (Å²) >= 11 is 45.3. The van der Waals surface area contributed by atoms with Gasteiger partial charge in [0.1, 0.15) is 23.4 Å². The maximum atomic E-state index is 10.9. The van der Waals surface area contributed by atoms with E-state index in [4.69, 9.17) is 122 Å². The monoisotopic (exact) mass is 1770 g/mol. The molecular weight excluding hydrogens is 1700 g/mol. The van der Waals surface area contributed by atoms with Crippen molar-refractivity contribution in [3.63, 3.8) is 0 Å². The number of halogens is 8. The minimum atomic E-state index is -1.57. The zero-order chi connectivity index (χ0) is 83.8. The van der Waals surface area contributed by atoms with Crippen LogP contribution in [0.25, 0.3) is 121 Å². The number of nitrogens with two attached hydrogens (primary N) is 2. The van der Waals surface area contributed by atoms with Crippen LogP contribution >= 0.6 is 97.1 Å². The van der Waals surface area contributed by atoms with Gasteiger partial charge in [0.25, 0.3) is 0 Å². The second-order valence-electron chi connectivity index (χ2n) is 28.5. The molecule has 1 aliphatic rings. The first-order chi connectivity index (χ1) is 57.4. The number of aromatic nitrogens is 6. The van der Waals surface area contributed by atoms with Gasteiger partial charge in [0.2, 0.25) is 0 Å². The number of benzene rings is 14. The maximum absolute atomic E-state index is 10.9. The summed E-state index contributed by atoms with van der Waals surface area (Å²) in [4.78, 5) is 39.1. The lowest BCUT2D eigenvalue weighted by molar-refractivity contribution is 0.00578. The van der Waals surface area contributed by atoms with Crippen LogP contribution in [0.5, 0.6) is 0 Å². The summed E-state index contributed by atoms with van der Waals surface area (Å²) in [6.07, 6.45) is 1.40. The molecule has 0 spiro atoms. The van der Waals surface area contributed by atoms with Gasteiger partial charge in [0.05, 0.1) is 71.7 Å². The molecule has 24 heteroatoms. The van der Waals surface area contributed by atoms with E-state index < -0.39 is 7.12 Å². The molecule has 0 amide bonds. The summed E-state index contributed by atoms with van der Waals surface area (Å²) < 4.78 is 17.9. The molecular formula is C95H72B2BrCl7N8O6. The van der Waals surface area contributed by atoms with Gasteiger partial charge in [0, 0.05) is 84.0 Å². The quantitative estimate of drug-likeness (QED) is 0.0333. The van der Waals surface area contributed by atoms with Crippen LogP contribution < -0.4 is 22.4 Å². The Morgan fingerprint density at radius 3 is 1.32 bits per heavy atom. The average Bonchev–Trinajstić information content (AvgIpc) is 1.60. The molecule has 14 aromatic carbocycles. The van der Waals surface area contributed by atoms with Crippen LogP contribution in [0.4, 0.5) is 11.4 Å². The van der Waals surface area contributed by atoms with E-state index in [0.717, 1.165) is 126 Å². The number of anilines is 2.